The molecule has 3 amide bonds. The van der Waals surface area contributed by atoms with Gasteiger partial charge < -0.3 is 16.0 Å². The molecule has 0 heterocycles. The zero-order valence-corrected chi connectivity index (χ0v) is 24.1. The molecule has 0 aromatic heterocycles. The summed E-state index contributed by atoms with van der Waals surface area (Å²) in [6, 6.07) is 27.0. The lowest BCUT2D eigenvalue weighted by Gasteiger charge is -2.14. The van der Waals surface area contributed by atoms with Gasteiger partial charge in [-0.25, -0.2) is 0 Å². The Balaban J connectivity index is 1.45. The zero-order chi connectivity index (χ0) is 30.1. The van der Waals surface area contributed by atoms with Crippen molar-refractivity contribution in [1.29, 1.82) is 0 Å². The Morgan fingerprint density at radius 2 is 1.52 bits per heavy atom. The maximum atomic E-state index is 13.3. The first-order chi connectivity index (χ1) is 20.1. The van der Waals surface area contributed by atoms with Crippen LogP contribution in [-0.2, 0) is 15.8 Å². The average Bonchev–Trinajstić information content (AvgIpc) is 2.96. The number of nitrogens with one attached hydrogen (secondary N) is 3. The number of hydrogen-bond acceptors (Lipinski definition) is 4. The maximum Gasteiger partial charge on any atom is 0.418 e. The molecule has 0 saturated heterocycles. The molecule has 0 radical (unpaired) electrons. The number of amides is 3. The number of alkyl halides is 3. The van der Waals surface area contributed by atoms with Crippen LogP contribution in [0.15, 0.2) is 118 Å². The molecule has 0 unspecified atom stereocenters. The van der Waals surface area contributed by atoms with Gasteiger partial charge in [0.1, 0.15) is 5.70 Å². The van der Waals surface area contributed by atoms with Crippen molar-refractivity contribution >= 4 is 62.9 Å². The highest BCUT2D eigenvalue weighted by Crippen LogP contribution is 2.34. The normalized spacial score (nSPS) is 11.5. The number of anilines is 2. The minimum atomic E-state index is -4.60. The predicted octanol–water partition coefficient (Wildman–Crippen LogP) is 7.61. The molecule has 11 heteroatoms. The van der Waals surface area contributed by atoms with Crippen molar-refractivity contribution in [2.24, 2.45) is 0 Å². The minimum Gasteiger partial charge on any atom is -0.325 e. The lowest BCUT2D eigenvalue weighted by molar-refractivity contribution is -0.137. The Kier molecular flexibility index (Phi) is 10.2. The minimum absolute atomic E-state index is 0.00252. The van der Waals surface area contributed by atoms with E-state index in [1.807, 2.05) is 6.07 Å². The largest absolute Gasteiger partial charge is 0.418 e. The number of halogens is 4. The van der Waals surface area contributed by atoms with Gasteiger partial charge in [0, 0.05) is 20.6 Å². The molecule has 4 aromatic carbocycles. The fourth-order valence-electron chi connectivity index (χ4n) is 3.74. The Labute approximate surface area is 252 Å². The van der Waals surface area contributed by atoms with E-state index in [-0.39, 0.29) is 17.1 Å². The van der Waals surface area contributed by atoms with E-state index in [1.165, 1.54) is 18.2 Å². The zero-order valence-electron chi connectivity index (χ0n) is 21.7. The van der Waals surface area contributed by atoms with Crippen LogP contribution in [0.25, 0.3) is 6.08 Å². The summed E-state index contributed by atoms with van der Waals surface area (Å²) < 4.78 is 40.5. The van der Waals surface area contributed by atoms with E-state index in [2.05, 4.69) is 31.9 Å². The smallest absolute Gasteiger partial charge is 0.325 e. The van der Waals surface area contributed by atoms with E-state index in [0.717, 1.165) is 22.3 Å². The third-order valence-electron chi connectivity index (χ3n) is 5.66. The van der Waals surface area contributed by atoms with Gasteiger partial charge in [-0.05, 0) is 66.2 Å². The Hall–Kier alpha value is -4.35. The third-order valence-corrected chi connectivity index (χ3v) is 7.14. The van der Waals surface area contributed by atoms with Crippen molar-refractivity contribution in [3.05, 3.63) is 130 Å². The molecule has 0 saturated carbocycles. The van der Waals surface area contributed by atoms with Crippen LogP contribution >= 0.6 is 27.7 Å². The monoisotopic (exact) mass is 653 g/mol. The van der Waals surface area contributed by atoms with E-state index in [9.17, 15) is 27.6 Å². The molecule has 6 nitrogen and oxygen atoms in total. The lowest BCUT2D eigenvalue weighted by atomic mass is 10.1. The molecular formula is C31H23BrF3N3O3S. The summed E-state index contributed by atoms with van der Waals surface area (Å²) in [6.45, 7) is 0. The van der Waals surface area contributed by atoms with Crippen LogP contribution in [-0.4, -0.2) is 23.5 Å². The molecule has 0 fully saturated rings. The van der Waals surface area contributed by atoms with Crippen molar-refractivity contribution in [2.45, 2.75) is 11.1 Å². The number of carbonyl (C=O) groups is 3. The van der Waals surface area contributed by atoms with Gasteiger partial charge in [0.25, 0.3) is 11.8 Å². The summed E-state index contributed by atoms with van der Waals surface area (Å²) in [5.74, 6) is -1.82. The van der Waals surface area contributed by atoms with Gasteiger partial charge >= 0.3 is 6.18 Å². The second kappa shape index (κ2) is 14.0. The van der Waals surface area contributed by atoms with Gasteiger partial charge in [0.05, 0.1) is 17.0 Å². The van der Waals surface area contributed by atoms with Crippen LogP contribution < -0.4 is 16.0 Å². The molecule has 0 atom stereocenters. The van der Waals surface area contributed by atoms with Gasteiger partial charge in [-0.2, -0.15) is 13.2 Å². The van der Waals surface area contributed by atoms with Crippen molar-refractivity contribution in [1.82, 2.24) is 5.32 Å². The number of rotatable bonds is 9. The highest BCUT2D eigenvalue weighted by Gasteiger charge is 2.33. The molecule has 3 N–H and O–H groups in total. The first-order valence-corrected chi connectivity index (χ1v) is 14.2. The standard InChI is InChI=1S/C31H23BrF3N3O3S/c32-22-11-6-8-20(16-22)17-27(38-29(40)21-9-2-1-3-10-21)30(41)36-23-12-7-13-24(18-23)42-19-28(39)37-26-15-5-4-14-25(26)31(33,34)35/h1-18H,19H2,(H,36,41)(H,37,39)(H,38,40)/b27-17+. The van der Waals surface area contributed by atoms with E-state index < -0.39 is 29.5 Å². The van der Waals surface area contributed by atoms with Crippen LogP contribution in [0.5, 0.6) is 0 Å². The Morgan fingerprint density at radius 3 is 2.26 bits per heavy atom. The van der Waals surface area contributed by atoms with Crippen LogP contribution in [0.3, 0.4) is 0 Å². The number of benzene rings is 4. The van der Waals surface area contributed by atoms with Crippen LogP contribution in [0.4, 0.5) is 24.5 Å². The molecule has 0 bridgehead atoms. The van der Waals surface area contributed by atoms with E-state index in [4.69, 9.17) is 0 Å². The van der Waals surface area contributed by atoms with Crippen LogP contribution in [0.2, 0.25) is 0 Å². The number of hydrogen-bond donors (Lipinski definition) is 3. The molecule has 0 aliphatic heterocycles. The Bertz CT molecular complexity index is 1630. The lowest BCUT2D eigenvalue weighted by Crippen LogP contribution is -2.30. The van der Waals surface area contributed by atoms with Crippen molar-refractivity contribution in [3.63, 3.8) is 0 Å². The molecular weight excluding hydrogens is 631 g/mol. The topological polar surface area (TPSA) is 87.3 Å². The second-order valence-electron chi connectivity index (χ2n) is 8.80. The summed E-state index contributed by atoms with van der Waals surface area (Å²) in [6.07, 6.45) is -3.06. The van der Waals surface area contributed by atoms with Gasteiger partial charge in [0.2, 0.25) is 5.91 Å². The van der Waals surface area contributed by atoms with E-state index in [1.54, 1.807) is 78.9 Å². The van der Waals surface area contributed by atoms with Gasteiger partial charge in [-0.3, -0.25) is 14.4 Å². The second-order valence-corrected chi connectivity index (χ2v) is 10.8. The van der Waals surface area contributed by atoms with Gasteiger partial charge in [0.15, 0.2) is 0 Å². The highest BCUT2D eigenvalue weighted by molar-refractivity contribution is 9.10. The van der Waals surface area contributed by atoms with Gasteiger partial charge in [-0.15, -0.1) is 11.8 Å². The molecule has 0 spiro atoms. The summed E-state index contributed by atoms with van der Waals surface area (Å²) in [5, 5.41) is 7.73. The number of thioether (sulfide) groups is 1. The van der Waals surface area contributed by atoms with Crippen LogP contribution in [0, 0.1) is 0 Å². The summed E-state index contributed by atoms with van der Waals surface area (Å²) in [4.78, 5) is 39.1. The maximum absolute atomic E-state index is 13.3. The molecule has 0 aliphatic carbocycles. The average molecular weight is 655 g/mol. The predicted molar refractivity (Wildman–Crippen MR) is 162 cm³/mol. The van der Waals surface area contributed by atoms with Crippen molar-refractivity contribution in [3.8, 4) is 0 Å². The first-order valence-electron chi connectivity index (χ1n) is 12.4. The Morgan fingerprint density at radius 1 is 0.810 bits per heavy atom. The van der Waals surface area contributed by atoms with E-state index in [0.29, 0.717) is 21.7 Å². The number of para-hydroxylation sites is 1. The van der Waals surface area contributed by atoms with Crippen molar-refractivity contribution < 1.29 is 27.6 Å². The van der Waals surface area contributed by atoms with Crippen LogP contribution in [0.1, 0.15) is 21.5 Å². The summed E-state index contributed by atoms with van der Waals surface area (Å²) >= 11 is 4.48. The molecule has 0 aliphatic rings. The fraction of sp³-hybridized carbons (Fsp3) is 0.0645. The number of carbonyl (C=O) groups excluding carboxylic acids is 3. The fourth-order valence-corrected chi connectivity index (χ4v) is 4.91. The molecule has 4 aromatic rings. The third kappa shape index (κ3) is 8.82. The summed E-state index contributed by atoms with van der Waals surface area (Å²) in [5.41, 5.74) is 0.188. The molecule has 4 rings (SSSR count). The SMILES string of the molecule is O=C(CSc1cccc(NC(=O)/C(=C\c2cccc(Br)c2)NC(=O)c2ccccc2)c1)Nc1ccccc1C(F)(F)F. The highest BCUT2D eigenvalue weighted by atomic mass is 79.9. The van der Waals surface area contributed by atoms with Crippen molar-refractivity contribution in [2.75, 3.05) is 16.4 Å². The summed E-state index contributed by atoms with van der Waals surface area (Å²) in [7, 11) is 0. The first kappa shape index (κ1) is 30.6. The van der Waals surface area contributed by atoms with Gasteiger partial charge in [-0.1, -0.05) is 64.5 Å². The molecule has 42 heavy (non-hydrogen) atoms. The van der Waals surface area contributed by atoms with E-state index >= 15 is 0 Å². The molecule has 214 valence electrons. The quantitative estimate of drug-likeness (QED) is 0.128.